The zero-order chi connectivity index (χ0) is 36.5. The Labute approximate surface area is 296 Å². The molecule has 0 unspecified atom stereocenters. The number of alkyl carbamates (subject to hydrolysis) is 1. The van der Waals surface area contributed by atoms with Crippen LogP contribution in [0, 0.1) is 12.8 Å². The van der Waals surface area contributed by atoms with Crippen LogP contribution in [-0.4, -0.2) is 91.6 Å². The minimum absolute atomic E-state index is 0.0169. The van der Waals surface area contributed by atoms with Crippen LogP contribution in [-0.2, 0) is 19.1 Å². The molecule has 2 aliphatic heterocycles. The lowest BCUT2D eigenvalue weighted by molar-refractivity contribution is -0.145. The number of carbonyl (C=O) groups excluding carboxylic acids is 3. The Hall–Kier alpha value is -5.14. The summed E-state index contributed by atoms with van der Waals surface area (Å²) in [5.74, 6) is -0.962. The van der Waals surface area contributed by atoms with Crippen LogP contribution in [0.25, 0.3) is 16.7 Å². The van der Waals surface area contributed by atoms with E-state index < -0.39 is 53.2 Å². The molecule has 2 aromatic heterocycles. The first-order chi connectivity index (χ1) is 24.3. The number of benzene rings is 1. The molecule has 1 aliphatic carbocycles. The minimum atomic E-state index is -1.45. The van der Waals surface area contributed by atoms with Crippen molar-refractivity contribution >= 4 is 34.8 Å². The molecule has 51 heavy (non-hydrogen) atoms. The van der Waals surface area contributed by atoms with Crippen molar-refractivity contribution in [1.82, 2.24) is 30.3 Å². The van der Waals surface area contributed by atoms with Gasteiger partial charge in [-0.15, -0.1) is 0 Å². The van der Waals surface area contributed by atoms with Crippen LogP contribution in [0.1, 0.15) is 71.3 Å². The second-order valence-corrected chi connectivity index (χ2v) is 14.6. The number of rotatable bonds is 6. The lowest BCUT2D eigenvalue weighted by Gasteiger charge is -2.30. The Morgan fingerprint density at radius 2 is 1.94 bits per heavy atom. The normalized spacial score (nSPS) is 26.2. The highest BCUT2D eigenvalue weighted by atomic mass is 16.6. The van der Waals surface area contributed by atoms with Crippen molar-refractivity contribution in [2.24, 2.45) is 5.92 Å². The van der Waals surface area contributed by atoms with Crippen molar-refractivity contribution in [1.29, 1.82) is 0 Å². The maximum absolute atomic E-state index is 14.4. The maximum atomic E-state index is 14.4. The van der Waals surface area contributed by atoms with E-state index >= 15 is 0 Å². The number of aromatic nitrogens is 3. The number of carbonyl (C=O) groups is 4. The standard InChI is InChI=1S/C37H46N6O8/c1-22-19-38-43(20-22)31-17-30(26-14-13-24(49-5)15-28(26)39-31)50-25-16-29-32(44)41-37(34(46)47)18-23(37)11-9-7-6-8-10-12-27(33(45)42(29)21-25)40-35(48)51-36(2,3)4/h9,11,13-15,17,19-20,23,25,27,29H,6-8,10,12,16,18,21H2,1-5H3,(H,40,48)(H,41,44)(H,46,47)/b11-9-/t23-,25+,27-,29-,37+/m0/s1. The summed E-state index contributed by atoms with van der Waals surface area (Å²) < 4.78 is 19.2. The van der Waals surface area contributed by atoms with Crippen LogP contribution in [0.15, 0.2) is 48.8 Å². The number of ether oxygens (including phenoxy) is 3. The molecule has 3 aromatic rings. The smallest absolute Gasteiger partial charge is 0.408 e. The number of hydrogen-bond acceptors (Lipinski definition) is 9. The van der Waals surface area contributed by atoms with Crippen LogP contribution in [0.2, 0.25) is 0 Å². The average molecular weight is 703 g/mol. The Balaban J connectivity index is 1.34. The predicted molar refractivity (Wildman–Crippen MR) is 187 cm³/mol. The van der Waals surface area contributed by atoms with Gasteiger partial charge < -0.3 is 34.9 Å². The molecule has 1 aromatic carbocycles. The van der Waals surface area contributed by atoms with Gasteiger partial charge in [0.05, 0.1) is 25.4 Å². The molecule has 1 saturated heterocycles. The summed E-state index contributed by atoms with van der Waals surface area (Å²) in [6.45, 7) is 7.15. The number of pyridine rings is 1. The summed E-state index contributed by atoms with van der Waals surface area (Å²) in [6, 6.07) is 5.14. The molecule has 14 nitrogen and oxygen atoms in total. The number of amides is 3. The van der Waals surface area contributed by atoms with Crippen molar-refractivity contribution in [2.75, 3.05) is 13.7 Å². The molecular formula is C37H46N6O8. The number of allylic oxidation sites excluding steroid dienone is 1. The fourth-order valence-electron chi connectivity index (χ4n) is 6.82. The van der Waals surface area contributed by atoms with Crippen LogP contribution < -0.4 is 20.1 Å². The zero-order valence-corrected chi connectivity index (χ0v) is 29.7. The molecule has 2 fully saturated rings. The van der Waals surface area contributed by atoms with Crippen molar-refractivity contribution in [3.05, 3.63) is 54.4 Å². The Kier molecular flexibility index (Phi) is 9.96. The first-order valence-electron chi connectivity index (χ1n) is 17.5. The van der Waals surface area contributed by atoms with Crippen LogP contribution in [0.4, 0.5) is 4.79 Å². The van der Waals surface area contributed by atoms with Gasteiger partial charge >= 0.3 is 12.1 Å². The highest BCUT2D eigenvalue weighted by Crippen LogP contribution is 2.45. The summed E-state index contributed by atoms with van der Waals surface area (Å²) >= 11 is 0. The van der Waals surface area contributed by atoms with E-state index in [9.17, 15) is 24.3 Å². The van der Waals surface area contributed by atoms with E-state index in [0.29, 0.717) is 41.1 Å². The summed E-state index contributed by atoms with van der Waals surface area (Å²) in [5.41, 5.74) is -0.704. The second kappa shape index (κ2) is 14.2. The fourth-order valence-corrected chi connectivity index (χ4v) is 6.82. The first-order valence-corrected chi connectivity index (χ1v) is 17.5. The molecule has 6 rings (SSSR count). The maximum Gasteiger partial charge on any atom is 0.408 e. The molecule has 14 heteroatoms. The second-order valence-electron chi connectivity index (χ2n) is 14.6. The van der Waals surface area contributed by atoms with Gasteiger partial charge in [0.1, 0.15) is 40.8 Å². The van der Waals surface area contributed by atoms with Crippen LogP contribution in [0.3, 0.4) is 0 Å². The number of nitrogens with zero attached hydrogens (tertiary/aromatic N) is 4. The van der Waals surface area contributed by atoms with Gasteiger partial charge in [-0.3, -0.25) is 9.59 Å². The zero-order valence-electron chi connectivity index (χ0n) is 29.7. The van der Waals surface area contributed by atoms with E-state index in [1.807, 2.05) is 31.3 Å². The van der Waals surface area contributed by atoms with Crippen molar-refractivity contribution in [3.63, 3.8) is 0 Å². The number of aryl methyl sites for hydroxylation is 1. The first kappa shape index (κ1) is 35.7. The average Bonchev–Trinajstić information content (AvgIpc) is 3.34. The fraction of sp³-hybridized carbons (Fsp3) is 0.514. The van der Waals surface area contributed by atoms with Crippen molar-refractivity contribution < 1.29 is 38.5 Å². The topological polar surface area (TPSA) is 174 Å². The van der Waals surface area contributed by atoms with Gasteiger partial charge in [-0.2, -0.15) is 5.10 Å². The lowest BCUT2D eigenvalue weighted by atomic mass is 10.0. The van der Waals surface area contributed by atoms with Gasteiger partial charge in [-0.1, -0.05) is 25.0 Å². The molecular weight excluding hydrogens is 656 g/mol. The number of carboxylic acids is 1. The van der Waals surface area contributed by atoms with Crippen LogP contribution in [0.5, 0.6) is 11.5 Å². The molecule has 5 atom stereocenters. The van der Waals surface area contributed by atoms with Crippen molar-refractivity contribution in [3.8, 4) is 17.3 Å². The Morgan fingerprint density at radius 3 is 2.65 bits per heavy atom. The number of methoxy groups -OCH3 is 1. The van der Waals surface area contributed by atoms with E-state index in [-0.39, 0.29) is 25.3 Å². The third kappa shape index (κ3) is 7.94. The molecule has 3 amide bonds. The number of aliphatic carboxylic acids is 1. The molecule has 0 radical (unpaired) electrons. The minimum Gasteiger partial charge on any atom is -0.497 e. The molecule has 0 spiro atoms. The third-order valence-corrected chi connectivity index (χ3v) is 9.52. The summed E-state index contributed by atoms with van der Waals surface area (Å²) in [6.07, 6.45) is 9.68. The summed E-state index contributed by atoms with van der Waals surface area (Å²) in [5, 5.41) is 20.8. The van der Waals surface area contributed by atoms with Crippen LogP contribution >= 0.6 is 0 Å². The van der Waals surface area contributed by atoms with Crippen molar-refractivity contribution in [2.45, 2.75) is 102 Å². The van der Waals surface area contributed by atoms with Gasteiger partial charge in [0, 0.05) is 36.1 Å². The largest absolute Gasteiger partial charge is 0.497 e. The molecule has 3 N–H and O–H groups in total. The summed E-state index contributed by atoms with van der Waals surface area (Å²) in [7, 11) is 1.57. The van der Waals surface area contributed by atoms with Gasteiger partial charge in [-0.05, 0) is 71.1 Å². The van der Waals surface area contributed by atoms with E-state index in [1.165, 1.54) is 4.90 Å². The van der Waals surface area contributed by atoms with Gasteiger partial charge in [-0.25, -0.2) is 19.3 Å². The third-order valence-electron chi connectivity index (χ3n) is 9.52. The Morgan fingerprint density at radius 1 is 1.14 bits per heavy atom. The summed E-state index contributed by atoms with van der Waals surface area (Å²) in [4.78, 5) is 60.1. The van der Waals surface area contributed by atoms with E-state index in [1.54, 1.807) is 57.0 Å². The molecule has 3 aliphatic rings. The number of nitrogens with one attached hydrogen (secondary N) is 2. The molecule has 0 bridgehead atoms. The molecule has 1 saturated carbocycles. The SMILES string of the molecule is COc1ccc2c(O[C@@H]3C[C@H]4C(=O)N[C@]5(C(=O)O)C[C@@H]5/C=C\CCCCC[C@H](NC(=O)OC(C)(C)C)C(=O)N4C3)cc(-n3cc(C)cn3)nc2c1. The van der Waals surface area contributed by atoms with E-state index in [0.717, 1.165) is 24.8 Å². The Bertz CT molecular complexity index is 1850. The lowest BCUT2D eigenvalue weighted by Crippen LogP contribution is -2.56. The molecule has 4 heterocycles. The van der Waals surface area contributed by atoms with Gasteiger partial charge in [0.15, 0.2) is 5.82 Å². The monoisotopic (exact) mass is 702 g/mol. The molecule has 272 valence electrons. The number of fused-ring (bicyclic) bond motifs is 3. The number of carboxylic acid groups (broad SMARTS) is 1. The quantitative estimate of drug-likeness (QED) is 0.311. The highest BCUT2D eigenvalue weighted by Gasteiger charge is 2.61. The van der Waals surface area contributed by atoms with E-state index in [4.69, 9.17) is 19.2 Å². The van der Waals surface area contributed by atoms with Gasteiger partial charge in [0.2, 0.25) is 11.8 Å². The highest BCUT2D eigenvalue weighted by molar-refractivity contribution is 5.96. The predicted octanol–water partition coefficient (Wildman–Crippen LogP) is 4.46. The van der Waals surface area contributed by atoms with Gasteiger partial charge in [0.25, 0.3) is 0 Å². The number of hydrogen-bond donors (Lipinski definition) is 3. The van der Waals surface area contributed by atoms with E-state index in [2.05, 4.69) is 15.7 Å².